The molecule has 0 unspecified atom stereocenters. The lowest BCUT2D eigenvalue weighted by molar-refractivity contribution is -0.135. The fourth-order valence-electron chi connectivity index (χ4n) is 2.94. The van der Waals surface area contributed by atoms with Gasteiger partial charge in [0.05, 0.1) is 0 Å². The number of rotatable bonds is 5. The Balaban J connectivity index is 0.00000162. The number of amides is 1. The van der Waals surface area contributed by atoms with Crippen molar-refractivity contribution in [2.45, 2.75) is 64.0 Å². The van der Waals surface area contributed by atoms with Crippen LogP contribution in [0.1, 0.15) is 51.9 Å². The van der Waals surface area contributed by atoms with E-state index < -0.39 is 0 Å². The van der Waals surface area contributed by atoms with E-state index in [9.17, 15) is 4.79 Å². The molecule has 0 aromatic rings. The molecule has 0 aliphatic heterocycles. The molecule has 0 bridgehead atoms. The van der Waals surface area contributed by atoms with Crippen molar-refractivity contribution in [3.05, 3.63) is 0 Å². The van der Waals surface area contributed by atoms with E-state index in [4.69, 9.17) is 0 Å². The summed E-state index contributed by atoms with van der Waals surface area (Å²) in [6.45, 7) is 3.14. The molecule has 2 aliphatic rings. The lowest BCUT2D eigenvalue weighted by Gasteiger charge is -2.36. The van der Waals surface area contributed by atoms with E-state index >= 15 is 0 Å². The third-order valence-electron chi connectivity index (χ3n) is 4.20. The van der Waals surface area contributed by atoms with Gasteiger partial charge in [-0.3, -0.25) is 4.79 Å². The Hall–Kier alpha value is -0.280. The molecule has 1 N–H and O–H groups in total. The van der Waals surface area contributed by atoms with E-state index in [1.54, 1.807) is 0 Å². The first-order valence-corrected chi connectivity index (χ1v) is 7.18. The highest BCUT2D eigenvalue weighted by Gasteiger charge is 2.37. The molecule has 1 amide bonds. The molecular formula is C14H27ClN2O. The number of carbonyl (C=O) groups excluding carboxylic acids is 1. The van der Waals surface area contributed by atoms with E-state index in [-0.39, 0.29) is 12.4 Å². The van der Waals surface area contributed by atoms with Gasteiger partial charge in [-0.05, 0) is 51.5 Å². The second-order valence-electron chi connectivity index (χ2n) is 5.80. The minimum Gasteiger partial charge on any atom is -0.337 e. The summed E-state index contributed by atoms with van der Waals surface area (Å²) in [7, 11) is 1.91. The number of hydrogen-bond acceptors (Lipinski definition) is 2. The van der Waals surface area contributed by atoms with Gasteiger partial charge in [0, 0.05) is 25.0 Å². The van der Waals surface area contributed by atoms with Crippen LogP contribution in [-0.4, -0.2) is 36.5 Å². The molecule has 0 spiro atoms. The lowest BCUT2D eigenvalue weighted by atomic mass is 9.86. The summed E-state index contributed by atoms with van der Waals surface area (Å²) in [6.07, 6.45) is 8.18. The molecule has 0 aromatic carbocycles. The van der Waals surface area contributed by atoms with Crippen molar-refractivity contribution in [3.63, 3.8) is 0 Å². The van der Waals surface area contributed by atoms with Crippen LogP contribution in [0.4, 0.5) is 0 Å². The molecule has 18 heavy (non-hydrogen) atoms. The summed E-state index contributed by atoms with van der Waals surface area (Å²) in [6, 6.07) is 1.13. The number of nitrogens with one attached hydrogen (secondary N) is 1. The Morgan fingerprint density at radius 3 is 2.06 bits per heavy atom. The molecule has 2 saturated carbocycles. The second kappa shape index (κ2) is 7.34. The maximum Gasteiger partial charge on any atom is 0.224 e. The van der Waals surface area contributed by atoms with Crippen LogP contribution in [0.25, 0.3) is 0 Å². The summed E-state index contributed by atoms with van der Waals surface area (Å²) >= 11 is 0. The van der Waals surface area contributed by atoms with E-state index in [2.05, 4.69) is 17.1 Å². The Morgan fingerprint density at radius 1 is 1.11 bits per heavy atom. The molecular weight excluding hydrogens is 248 g/mol. The molecule has 4 heteroatoms. The zero-order valence-electron chi connectivity index (χ0n) is 11.7. The van der Waals surface area contributed by atoms with Crippen molar-refractivity contribution in [1.29, 1.82) is 0 Å². The third kappa shape index (κ3) is 4.13. The van der Waals surface area contributed by atoms with Gasteiger partial charge in [-0.1, -0.05) is 6.92 Å². The fraction of sp³-hybridized carbons (Fsp3) is 0.929. The van der Waals surface area contributed by atoms with Gasteiger partial charge >= 0.3 is 0 Å². The van der Waals surface area contributed by atoms with E-state index in [1.165, 1.54) is 38.5 Å². The van der Waals surface area contributed by atoms with Gasteiger partial charge in [0.2, 0.25) is 5.91 Å². The van der Waals surface area contributed by atoms with Crippen LogP contribution >= 0.6 is 12.4 Å². The molecule has 2 rings (SSSR count). The zero-order valence-corrected chi connectivity index (χ0v) is 12.5. The molecule has 106 valence electrons. The van der Waals surface area contributed by atoms with Gasteiger partial charge in [-0.2, -0.15) is 0 Å². The van der Waals surface area contributed by atoms with Crippen LogP contribution < -0.4 is 5.32 Å². The molecule has 0 heterocycles. The number of carbonyl (C=O) groups is 1. The molecule has 0 aromatic heterocycles. The quantitative estimate of drug-likeness (QED) is 0.836. The molecule has 0 saturated heterocycles. The topological polar surface area (TPSA) is 32.3 Å². The van der Waals surface area contributed by atoms with E-state index in [1.807, 2.05) is 7.05 Å². The van der Waals surface area contributed by atoms with Crippen molar-refractivity contribution in [3.8, 4) is 0 Å². The average Bonchev–Trinajstić information content (AvgIpc) is 3.14. The number of halogens is 1. The first kappa shape index (κ1) is 15.8. The Bertz CT molecular complexity index is 261. The predicted molar refractivity (Wildman–Crippen MR) is 77.1 cm³/mol. The number of nitrogens with zero attached hydrogens (tertiary/aromatic N) is 1. The summed E-state index contributed by atoms with van der Waals surface area (Å²) in [5.74, 6) is 1.24. The van der Waals surface area contributed by atoms with Crippen molar-refractivity contribution in [2.24, 2.45) is 5.92 Å². The monoisotopic (exact) mass is 274 g/mol. The summed E-state index contributed by atoms with van der Waals surface area (Å²) in [5, 5.41) is 3.08. The SMILES string of the molecule is CNCCC(=O)N(C1CCC(C)CC1)C1CC1.Cl. The summed E-state index contributed by atoms with van der Waals surface area (Å²) in [5.41, 5.74) is 0. The van der Waals surface area contributed by atoms with Crippen LogP contribution in [0.5, 0.6) is 0 Å². The zero-order chi connectivity index (χ0) is 12.3. The van der Waals surface area contributed by atoms with E-state index in [0.717, 1.165) is 12.5 Å². The van der Waals surface area contributed by atoms with Gasteiger partial charge < -0.3 is 10.2 Å². The Labute approximate surface area is 117 Å². The molecule has 2 fully saturated rings. The van der Waals surface area contributed by atoms with Crippen LogP contribution in [0.3, 0.4) is 0 Å². The Kier molecular flexibility index (Phi) is 6.44. The van der Waals surface area contributed by atoms with Gasteiger partial charge in [-0.15, -0.1) is 12.4 Å². The standard InChI is InChI=1S/C14H26N2O.ClH/c1-11-3-5-12(6-4-11)16(13-7-8-13)14(17)9-10-15-2;/h11-13,15H,3-10H2,1-2H3;1H. The van der Waals surface area contributed by atoms with Crippen molar-refractivity contribution in [2.75, 3.05) is 13.6 Å². The van der Waals surface area contributed by atoms with Crippen molar-refractivity contribution in [1.82, 2.24) is 10.2 Å². The Morgan fingerprint density at radius 2 is 1.61 bits per heavy atom. The second-order valence-corrected chi connectivity index (χ2v) is 5.80. The van der Waals surface area contributed by atoms with Crippen LogP contribution in [0.2, 0.25) is 0 Å². The van der Waals surface area contributed by atoms with Crippen LogP contribution in [-0.2, 0) is 4.79 Å². The summed E-state index contributed by atoms with van der Waals surface area (Å²) in [4.78, 5) is 14.5. The highest BCUT2D eigenvalue weighted by Crippen LogP contribution is 2.35. The predicted octanol–water partition coefficient (Wildman–Crippen LogP) is 2.59. The molecule has 3 nitrogen and oxygen atoms in total. The van der Waals surface area contributed by atoms with Gasteiger partial charge in [-0.25, -0.2) is 0 Å². The van der Waals surface area contributed by atoms with Crippen molar-refractivity contribution < 1.29 is 4.79 Å². The van der Waals surface area contributed by atoms with Crippen LogP contribution in [0, 0.1) is 5.92 Å². The highest BCUT2D eigenvalue weighted by molar-refractivity contribution is 5.85. The first-order valence-electron chi connectivity index (χ1n) is 7.18. The fourth-order valence-corrected chi connectivity index (χ4v) is 2.94. The minimum atomic E-state index is 0. The first-order chi connectivity index (χ1) is 8.22. The van der Waals surface area contributed by atoms with Gasteiger partial charge in [0.25, 0.3) is 0 Å². The van der Waals surface area contributed by atoms with Crippen LogP contribution in [0.15, 0.2) is 0 Å². The third-order valence-corrected chi connectivity index (χ3v) is 4.20. The van der Waals surface area contributed by atoms with E-state index in [0.29, 0.717) is 24.4 Å². The van der Waals surface area contributed by atoms with Gasteiger partial charge in [0.1, 0.15) is 0 Å². The summed E-state index contributed by atoms with van der Waals surface area (Å²) < 4.78 is 0. The average molecular weight is 275 g/mol. The largest absolute Gasteiger partial charge is 0.337 e. The number of hydrogen-bond donors (Lipinski definition) is 1. The normalized spacial score (nSPS) is 27.4. The molecule has 2 aliphatic carbocycles. The minimum absolute atomic E-state index is 0. The lowest BCUT2D eigenvalue weighted by Crippen LogP contribution is -2.44. The molecule has 0 radical (unpaired) electrons. The van der Waals surface area contributed by atoms with Gasteiger partial charge in [0.15, 0.2) is 0 Å². The maximum absolute atomic E-state index is 12.3. The molecule has 0 atom stereocenters. The smallest absolute Gasteiger partial charge is 0.224 e. The van der Waals surface area contributed by atoms with Crippen molar-refractivity contribution >= 4 is 18.3 Å². The highest BCUT2D eigenvalue weighted by atomic mass is 35.5. The maximum atomic E-state index is 12.3.